The zero-order valence-electron chi connectivity index (χ0n) is 9.51. The Bertz CT molecular complexity index is 722. The van der Waals surface area contributed by atoms with E-state index >= 15 is 0 Å². The number of H-pyrrole nitrogens is 1. The highest BCUT2D eigenvalue weighted by atomic mass is 32.2. The highest BCUT2D eigenvalue weighted by Crippen LogP contribution is 2.19. The van der Waals surface area contributed by atoms with E-state index in [4.69, 9.17) is 5.73 Å². The van der Waals surface area contributed by atoms with Crippen LogP contribution in [0, 0.1) is 0 Å². The quantitative estimate of drug-likeness (QED) is 0.711. The highest BCUT2D eigenvalue weighted by molar-refractivity contribution is 7.89. The minimum Gasteiger partial charge on any atom is -0.329 e. The summed E-state index contributed by atoms with van der Waals surface area (Å²) in [5.41, 5.74) is 4.95. The summed E-state index contributed by atoms with van der Waals surface area (Å²) in [5.74, 6) is 0. The first-order valence-electron chi connectivity index (χ1n) is 5.36. The van der Waals surface area contributed by atoms with Crippen LogP contribution in [-0.2, 0) is 10.0 Å². The second-order valence-corrected chi connectivity index (χ2v) is 5.45. The lowest BCUT2D eigenvalue weighted by molar-refractivity contribution is 0.583. The lowest BCUT2D eigenvalue weighted by Gasteiger charge is -2.08. The van der Waals surface area contributed by atoms with Gasteiger partial charge in [-0.3, -0.25) is 4.79 Å². The summed E-state index contributed by atoms with van der Waals surface area (Å²) in [6.45, 7) is 0.368. The van der Waals surface area contributed by atoms with Gasteiger partial charge in [-0.15, -0.1) is 0 Å². The van der Waals surface area contributed by atoms with Crippen LogP contribution in [0.15, 0.2) is 40.2 Å². The van der Waals surface area contributed by atoms with E-state index in [1.165, 1.54) is 18.3 Å². The van der Waals surface area contributed by atoms with Gasteiger partial charge in [0.05, 0.1) is 4.90 Å². The molecule has 0 spiro atoms. The van der Waals surface area contributed by atoms with Gasteiger partial charge in [-0.05, 0) is 18.2 Å². The normalized spacial score (nSPS) is 11.8. The van der Waals surface area contributed by atoms with E-state index in [1.807, 2.05) is 0 Å². The van der Waals surface area contributed by atoms with Crippen molar-refractivity contribution in [3.05, 3.63) is 40.8 Å². The van der Waals surface area contributed by atoms with Gasteiger partial charge in [-0.1, -0.05) is 6.07 Å². The van der Waals surface area contributed by atoms with E-state index in [1.54, 1.807) is 12.1 Å². The van der Waals surface area contributed by atoms with E-state index in [9.17, 15) is 13.2 Å². The monoisotopic (exact) mass is 267 g/mol. The predicted octanol–water partition coefficient (Wildman–Crippen LogP) is -0.235. The summed E-state index contributed by atoms with van der Waals surface area (Å²) in [5, 5.41) is 0.735. The number of benzene rings is 1. The number of aromatic nitrogens is 1. The van der Waals surface area contributed by atoms with Gasteiger partial charge in [0.25, 0.3) is 5.56 Å². The van der Waals surface area contributed by atoms with E-state index < -0.39 is 10.0 Å². The molecule has 0 aliphatic carbocycles. The fraction of sp³-hybridized carbons (Fsp3) is 0.182. The van der Waals surface area contributed by atoms with Crippen LogP contribution in [0.2, 0.25) is 0 Å². The average molecular weight is 267 g/mol. The van der Waals surface area contributed by atoms with Crippen molar-refractivity contribution in [2.45, 2.75) is 4.90 Å². The average Bonchev–Trinajstić information content (AvgIpc) is 2.36. The number of hydrogen-bond donors (Lipinski definition) is 3. The molecule has 0 bridgehead atoms. The molecule has 0 radical (unpaired) electrons. The SMILES string of the molecule is NCCNS(=O)(=O)c1cccc2c(=O)[nH]ccc12. The number of fused-ring (bicyclic) bond motifs is 1. The third kappa shape index (κ3) is 2.28. The molecule has 2 aromatic rings. The van der Waals surface area contributed by atoms with Crippen molar-refractivity contribution in [2.24, 2.45) is 5.73 Å². The molecule has 2 rings (SSSR count). The maximum absolute atomic E-state index is 12.0. The molecular formula is C11H13N3O3S. The van der Waals surface area contributed by atoms with Crippen LogP contribution >= 0.6 is 0 Å². The predicted molar refractivity (Wildman–Crippen MR) is 68.8 cm³/mol. The van der Waals surface area contributed by atoms with Crippen LogP contribution in [0.4, 0.5) is 0 Å². The standard InChI is InChI=1S/C11H13N3O3S/c12-5-7-14-18(16,17)10-3-1-2-9-8(10)4-6-13-11(9)15/h1-4,6,14H,5,7,12H2,(H,13,15). The van der Waals surface area contributed by atoms with Crippen LogP contribution in [0.5, 0.6) is 0 Å². The van der Waals surface area contributed by atoms with Gasteiger partial charge in [0.2, 0.25) is 10.0 Å². The largest absolute Gasteiger partial charge is 0.329 e. The van der Waals surface area contributed by atoms with Crippen LogP contribution in [0.25, 0.3) is 10.8 Å². The molecule has 0 fully saturated rings. The van der Waals surface area contributed by atoms with Crippen molar-refractivity contribution >= 4 is 20.8 Å². The number of nitrogens with two attached hydrogens (primary N) is 1. The van der Waals surface area contributed by atoms with E-state index in [0.29, 0.717) is 10.8 Å². The Kier molecular flexibility index (Phi) is 3.46. The fourth-order valence-electron chi connectivity index (χ4n) is 1.70. The van der Waals surface area contributed by atoms with Gasteiger partial charge in [0.15, 0.2) is 0 Å². The number of nitrogens with one attached hydrogen (secondary N) is 2. The second-order valence-electron chi connectivity index (χ2n) is 3.71. The molecule has 0 aliphatic heterocycles. The van der Waals surface area contributed by atoms with Crippen molar-refractivity contribution in [3.8, 4) is 0 Å². The van der Waals surface area contributed by atoms with Crippen molar-refractivity contribution in [2.75, 3.05) is 13.1 Å². The lowest BCUT2D eigenvalue weighted by atomic mass is 10.2. The smallest absolute Gasteiger partial charge is 0.255 e. The van der Waals surface area contributed by atoms with Crippen molar-refractivity contribution in [3.63, 3.8) is 0 Å². The van der Waals surface area contributed by atoms with Crippen LogP contribution in [-0.4, -0.2) is 26.5 Å². The number of rotatable bonds is 4. The Morgan fingerprint density at radius 3 is 2.72 bits per heavy atom. The maximum Gasteiger partial charge on any atom is 0.255 e. The summed E-state index contributed by atoms with van der Waals surface area (Å²) in [6.07, 6.45) is 1.42. The summed E-state index contributed by atoms with van der Waals surface area (Å²) in [6, 6.07) is 6.14. The van der Waals surface area contributed by atoms with Crippen molar-refractivity contribution < 1.29 is 8.42 Å². The van der Waals surface area contributed by atoms with E-state index in [-0.39, 0.29) is 23.5 Å². The molecule has 96 valence electrons. The van der Waals surface area contributed by atoms with Crippen molar-refractivity contribution in [1.29, 1.82) is 0 Å². The lowest BCUT2D eigenvalue weighted by Crippen LogP contribution is -2.29. The minimum absolute atomic E-state index is 0.0829. The molecule has 18 heavy (non-hydrogen) atoms. The molecule has 1 heterocycles. The minimum atomic E-state index is -3.65. The first kappa shape index (κ1) is 12.7. The van der Waals surface area contributed by atoms with Crippen molar-refractivity contribution in [1.82, 2.24) is 9.71 Å². The van der Waals surface area contributed by atoms with Gasteiger partial charge in [-0.25, -0.2) is 13.1 Å². The highest BCUT2D eigenvalue weighted by Gasteiger charge is 2.16. The summed E-state index contributed by atoms with van der Waals surface area (Å²) < 4.78 is 26.4. The Morgan fingerprint density at radius 1 is 1.22 bits per heavy atom. The molecule has 0 saturated heterocycles. The number of sulfonamides is 1. The molecule has 4 N–H and O–H groups in total. The van der Waals surface area contributed by atoms with Gasteiger partial charge in [0, 0.05) is 30.1 Å². The molecule has 1 aromatic carbocycles. The van der Waals surface area contributed by atoms with Gasteiger partial charge in [0.1, 0.15) is 0 Å². The number of hydrogen-bond acceptors (Lipinski definition) is 4. The fourth-order valence-corrected chi connectivity index (χ4v) is 2.97. The van der Waals surface area contributed by atoms with Crippen LogP contribution < -0.4 is 16.0 Å². The molecule has 0 aliphatic rings. The zero-order valence-corrected chi connectivity index (χ0v) is 10.3. The first-order valence-corrected chi connectivity index (χ1v) is 6.85. The molecule has 1 aromatic heterocycles. The topological polar surface area (TPSA) is 105 Å². The number of pyridine rings is 1. The molecule has 0 saturated carbocycles. The summed E-state index contributed by atoms with van der Waals surface area (Å²) in [4.78, 5) is 14.2. The Hall–Kier alpha value is -1.70. The number of aromatic amines is 1. The third-order valence-electron chi connectivity index (χ3n) is 2.50. The van der Waals surface area contributed by atoms with Crippen LogP contribution in [0.1, 0.15) is 0 Å². The van der Waals surface area contributed by atoms with E-state index in [2.05, 4.69) is 9.71 Å². The molecule has 0 atom stereocenters. The molecular weight excluding hydrogens is 254 g/mol. The summed E-state index contributed by atoms with van der Waals surface area (Å²) in [7, 11) is -3.65. The van der Waals surface area contributed by atoms with E-state index in [0.717, 1.165) is 0 Å². The Balaban J connectivity index is 2.66. The first-order chi connectivity index (χ1) is 8.56. The zero-order chi connectivity index (χ0) is 13.2. The maximum atomic E-state index is 12.0. The van der Waals surface area contributed by atoms with Gasteiger partial charge < -0.3 is 10.7 Å². The molecule has 0 amide bonds. The van der Waals surface area contributed by atoms with Gasteiger partial charge >= 0.3 is 0 Å². The third-order valence-corrected chi connectivity index (χ3v) is 4.02. The van der Waals surface area contributed by atoms with Crippen LogP contribution in [0.3, 0.4) is 0 Å². The molecule has 0 unspecified atom stereocenters. The Morgan fingerprint density at radius 2 is 2.00 bits per heavy atom. The van der Waals surface area contributed by atoms with Gasteiger partial charge in [-0.2, -0.15) is 0 Å². The Labute approximate surface area is 104 Å². The molecule has 6 nitrogen and oxygen atoms in total. The summed E-state index contributed by atoms with van der Waals surface area (Å²) >= 11 is 0. The second kappa shape index (κ2) is 4.89. The molecule has 7 heteroatoms.